The van der Waals surface area contributed by atoms with Crippen LogP contribution in [0.2, 0.25) is 0 Å². The van der Waals surface area contributed by atoms with E-state index < -0.39 is 0 Å². The maximum atomic E-state index is 11.5. The van der Waals surface area contributed by atoms with Crippen LogP contribution in [0, 0.1) is 0 Å². The molecule has 0 aliphatic carbocycles. The van der Waals surface area contributed by atoms with E-state index >= 15 is 0 Å². The van der Waals surface area contributed by atoms with Crippen molar-refractivity contribution in [3.05, 3.63) is 46.2 Å². The normalized spacial score (nSPS) is 11.0. The molecule has 0 radical (unpaired) electrons. The molecule has 0 fully saturated rings. The van der Waals surface area contributed by atoms with Gasteiger partial charge in [0.1, 0.15) is 5.82 Å². The highest BCUT2D eigenvalue weighted by Crippen LogP contribution is 2.15. The van der Waals surface area contributed by atoms with Crippen LogP contribution in [-0.4, -0.2) is 27.5 Å². The van der Waals surface area contributed by atoms with Crippen molar-refractivity contribution in [3.8, 4) is 0 Å². The van der Waals surface area contributed by atoms with Gasteiger partial charge in [-0.05, 0) is 23.1 Å². The van der Waals surface area contributed by atoms with Gasteiger partial charge >= 0.3 is 0 Å². The molecule has 2 heterocycles. The van der Waals surface area contributed by atoms with Crippen molar-refractivity contribution >= 4 is 23.3 Å². The third-order valence-corrected chi connectivity index (χ3v) is 3.42. The van der Waals surface area contributed by atoms with Gasteiger partial charge in [-0.2, -0.15) is 0 Å². The van der Waals surface area contributed by atoms with E-state index in [-0.39, 0.29) is 12.5 Å². The summed E-state index contributed by atoms with van der Waals surface area (Å²) in [4.78, 5) is 19.5. The number of aromatic nitrogens is 2. The third-order valence-electron chi connectivity index (χ3n) is 2.47. The first-order valence-corrected chi connectivity index (χ1v) is 6.78. The van der Waals surface area contributed by atoms with Gasteiger partial charge in [0.05, 0.1) is 6.61 Å². The molecule has 0 unspecified atom stereocenters. The molecule has 19 heavy (non-hydrogen) atoms. The molecule has 0 bridgehead atoms. The molecule has 5 nitrogen and oxygen atoms in total. The smallest absolute Gasteiger partial charge is 0.244 e. The molecule has 1 amide bonds. The summed E-state index contributed by atoms with van der Waals surface area (Å²) in [6.07, 6.45) is 7.36. The minimum Gasteiger partial charge on any atom is -0.392 e. The Labute approximate surface area is 115 Å². The predicted molar refractivity (Wildman–Crippen MR) is 74.6 cm³/mol. The van der Waals surface area contributed by atoms with Crippen LogP contribution in [0.5, 0.6) is 0 Å². The fourth-order valence-corrected chi connectivity index (χ4v) is 2.32. The van der Waals surface area contributed by atoms with Gasteiger partial charge in [0.2, 0.25) is 5.91 Å². The highest BCUT2D eigenvalue weighted by atomic mass is 32.1. The topological polar surface area (TPSA) is 78.0 Å². The van der Waals surface area contributed by atoms with Gasteiger partial charge in [0, 0.05) is 36.3 Å². The van der Waals surface area contributed by atoms with E-state index in [2.05, 4.69) is 15.3 Å². The summed E-state index contributed by atoms with van der Waals surface area (Å²) >= 11 is 1.50. The maximum absolute atomic E-state index is 11.5. The molecule has 0 aromatic carbocycles. The van der Waals surface area contributed by atoms with Gasteiger partial charge in [-0.1, -0.05) is 0 Å². The number of imidazole rings is 1. The summed E-state index contributed by atoms with van der Waals surface area (Å²) in [5, 5.41) is 13.6. The first kappa shape index (κ1) is 13.5. The second-order valence-electron chi connectivity index (χ2n) is 3.93. The number of H-pyrrole nitrogens is 1. The summed E-state index contributed by atoms with van der Waals surface area (Å²) in [5.41, 5.74) is 0.864. The number of aromatic amines is 1. The Bertz CT molecular complexity index is 546. The Balaban J connectivity index is 1.74. The number of carbonyl (C=O) groups is 1. The summed E-state index contributed by atoms with van der Waals surface area (Å²) in [5.74, 6) is 0.723. The summed E-state index contributed by atoms with van der Waals surface area (Å²) < 4.78 is 0. The molecule has 6 heteroatoms. The Morgan fingerprint density at radius 1 is 1.58 bits per heavy atom. The highest BCUT2D eigenvalue weighted by molar-refractivity contribution is 7.11. The minimum absolute atomic E-state index is 0.0275. The van der Waals surface area contributed by atoms with Crippen LogP contribution in [0.25, 0.3) is 6.08 Å². The van der Waals surface area contributed by atoms with Gasteiger partial charge in [-0.25, -0.2) is 4.98 Å². The number of rotatable bonds is 6. The van der Waals surface area contributed by atoms with Crippen LogP contribution in [0.1, 0.15) is 16.3 Å². The number of thiophene rings is 1. The number of hydrogen-bond acceptors (Lipinski definition) is 4. The molecular weight excluding hydrogens is 262 g/mol. The van der Waals surface area contributed by atoms with E-state index in [9.17, 15) is 4.79 Å². The second kappa shape index (κ2) is 6.86. The van der Waals surface area contributed by atoms with Crippen molar-refractivity contribution in [2.75, 3.05) is 6.54 Å². The van der Waals surface area contributed by atoms with Gasteiger partial charge in [-0.3, -0.25) is 4.79 Å². The minimum atomic E-state index is -0.134. The molecule has 0 saturated carbocycles. The Kier molecular flexibility index (Phi) is 4.88. The van der Waals surface area contributed by atoms with Crippen LogP contribution in [0.4, 0.5) is 0 Å². The SMILES string of the molecule is O=C(/C=C/c1cc(CO)cs1)NCCc1ncc[nH]1. The van der Waals surface area contributed by atoms with Crippen molar-refractivity contribution in [1.82, 2.24) is 15.3 Å². The van der Waals surface area contributed by atoms with Gasteiger partial charge in [0.25, 0.3) is 0 Å². The van der Waals surface area contributed by atoms with Gasteiger partial charge in [0.15, 0.2) is 0 Å². The zero-order valence-corrected chi connectivity index (χ0v) is 11.1. The summed E-state index contributed by atoms with van der Waals surface area (Å²) in [6.45, 7) is 0.572. The van der Waals surface area contributed by atoms with E-state index in [4.69, 9.17) is 5.11 Å². The summed E-state index contributed by atoms with van der Waals surface area (Å²) in [6, 6.07) is 1.86. The molecule has 0 aliphatic heterocycles. The third kappa shape index (κ3) is 4.35. The quantitative estimate of drug-likeness (QED) is 0.697. The number of carbonyl (C=O) groups excluding carboxylic acids is 1. The highest BCUT2D eigenvalue weighted by Gasteiger charge is 1.99. The number of aliphatic hydroxyl groups excluding tert-OH is 1. The lowest BCUT2D eigenvalue weighted by Gasteiger charge is -1.99. The molecule has 2 rings (SSSR count). The first-order valence-electron chi connectivity index (χ1n) is 5.90. The lowest BCUT2D eigenvalue weighted by Crippen LogP contribution is -2.23. The predicted octanol–water partition coefficient (Wildman–Crippen LogP) is 1.34. The second-order valence-corrected chi connectivity index (χ2v) is 4.87. The largest absolute Gasteiger partial charge is 0.392 e. The molecule has 2 aromatic heterocycles. The Morgan fingerprint density at radius 3 is 3.16 bits per heavy atom. The zero-order chi connectivity index (χ0) is 13.5. The fraction of sp³-hybridized carbons (Fsp3) is 0.231. The molecule has 0 spiro atoms. The van der Waals surface area contributed by atoms with Crippen LogP contribution in [0.15, 0.2) is 29.9 Å². The molecule has 2 aromatic rings. The zero-order valence-electron chi connectivity index (χ0n) is 10.3. The van der Waals surface area contributed by atoms with Crippen molar-refractivity contribution in [2.45, 2.75) is 13.0 Å². The molecule has 0 aliphatic rings. The van der Waals surface area contributed by atoms with Gasteiger partial charge < -0.3 is 15.4 Å². The van der Waals surface area contributed by atoms with Crippen molar-refractivity contribution in [2.24, 2.45) is 0 Å². The molecule has 100 valence electrons. The van der Waals surface area contributed by atoms with Crippen molar-refractivity contribution in [1.29, 1.82) is 0 Å². The van der Waals surface area contributed by atoms with Crippen LogP contribution >= 0.6 is 11.3 Å². The Morgan fingerprint density at radius 2 is 2.47 bits per heavy atom. The van der Waals surface area contributed by atoms with Gasteiger partial charge in [-0.15, -0.1) is 11.3 Å². The number of nitrogens with one attached hydrogen (secondary N) is 2. The Hall–Kier alpha value is -1.92. The average molecular weight is 277 g/mol. The first-order chi connectivity index (χ1) is 9.28. The molecular formula is C13H15N3O2S. The monoisotopic (exact) mass is 277 g/mol. The summed E-state index contributed by atoms with van der Waals surface area (Å²) in [7, 11) is 0. The van der Waals surface area contributed by atoms with E-state index in [0.717, 1.165) is 16.3 Å². The number of aliphatic hydroxyl groups is 1. The maximum Gasteiger partial charge on any atom is 0.244 e. The number of amides is 1. The van der Waals surface area contributed by atoms with Crippen LogP contribution in [0.3, 0.4) is 0 Å². The standard InChI is InChI=1S/C13H15N3O2S/c17-8-10-7-11(19-9-10)1-2-13(18)16-4-3-12-14-5-6-15-12/h1-2,5-7,9,17H,3-4,8H2,(H,14,15)(H,16,18)/b2-1+. The average Bonchev–Trinajstić information content (AvgIpc) is 3.07. The number of hydrogen-bond donors (Lipinski definition) is 3. The molecule has 0 atom stereocenters. The fourth-order valence-electron chi connectivity index (χ4n) is 1.52. The van der Waals surface area contributed by atoms with Crippen molar-refractivity contribution in [3.63, 3.8) is 0 Å². The lowest BCUT2D eigenvalue weighted by atomic mass is 10.3. The molecule has 3 N–H and O–H groups in total. The number of nitrogens with zero attached hydrogens (tertiary/aromatic N) is 1. The van der Waals surface area contributed by atoms with Crippen molar-refractivity contribution < 1.29 is 9.90 Å². The molecule has 0 saturated heterocycles. The van der Waals surface area contributed by atoms with E-state index in [0.29, 0.717) is 13.0 Å². The van der Waals surface area contributed by atoms with Crippen LogP contribution in [-0.2, 0) is 17.8 Å². The van der Waals surface area contributed by atoms with Crippen LogP contribution < -0.4 is 5.32 Å². The lowest BCUT2D eigenvalue weighted by molar-refractivity contribution is -0.116. The van der Waals surface area contributed by atoms with E-state index in [1.54, 1.807) is 18.5 Å². The van der Waals surface area contributed by atoms with E-state index in [1.807, 2.05) is 11.4 Å². The van der Waals surface area contributed by atoms with E-state index in [1.165, 1.54) is 17.4 Å².